The van der Waals surface area contributed by atoms with Crippen molar-refractivity contribution in [2.24, 2.45) is 0 Å². The van der Waals surface area contributed by atoms with Crippen LogP contribution >= 0.6 is 11.3 Å². The summed E-state index contributed by atoms with van der Waals surface area (Å²) in [5, 5.41) is 6.80. The minimum Gasteiger partial charge on any atom is -0.379 e. The lowest BCUT2D eigenvalue weighted by Crippen LogP contribution is -2.12. The normalized spacial score (nSPS) is 11.5. The molecule has 4 heteroatoms. The minimum absolute atomic E-state index is 0.130. The van der Waals surface area contributed by atoms with Crippen molar-refractivity contribution in [1.29, 1.82) is 0 Å². The van der Waals surface area contributed by atoms with E-state index in [2.05, 4.69) is 75.6 Å². The Hall–Kier alpha value is -1.55. The van der Waals surface area contributed by atoms with E-state index in [4.69, 9.17) is 4.98 Å². The number of benzene rings is 1. The van der Waals surface area contributed by atoms with E-state index in [0.29, 0.717) is 0 Å². The summed E-state index contributed by atoms with van der Waals surface area (Å²) in [5.41, 5.74) is 4.90. The highest BCUT2D eigenvalue weighted by Gasteiger charge is 2.17. The summed E-state index contributed by atoms with van der Waals surface area (Å²) in [6.45, 7) is 9.50. The average Bonchev–Trinajstić information content (AvgIpc) is 2.86. The van der Waals surface area contributed by atoms with E-state index >= 15 is 0 Å². The zero-order chi connectivity index (χ0) is 15.6. The summed E-state index contributed by atoms with van der Waals surface area (Å²) in [6, 6.07) is 6.46. The topological polar surface area (TPSA) is 28.2 Å². The first kappa shape index (κ1) is 15.8. The van der Waals surface area contributed by atoms with Gasteiger partial charge < -0.3 is 10.2 Å². The summed E-state index contributed by atoms with van der Waals surface area (Å²) in [5.74, 6) is 0. The fourth-order valence-electron chi connectivity index (χ4n) is 2.13. The van der Waals surface area contributed by atoms with Crippen molar-refractivity contribution >= 4 is 22.7 Å². The van der Waals surface area contributed by atoms with Crippen molar-refractivity contribution in [1.82, 2.24) is 4.98 Å². The van der Waals surface area contributed by atoms with Gasteiger partial charge in [0.2, 0.25) is 0 Å². The predicted molar refractivity (Wildman–Crippen MR) is 93.6 cm³/mol. The molecule has 0 bridgehead atoms. The molecular weight excluding hydrogens is 278 g/mol. The van der Waals surface area contributed by atoms with E-state index in [1.165, 1.54) is 16.3 Å². The lowest BCUT2D eigenvalue weighted by molar-refractivity contribution is 0.583. The molecule has 0 amide bonds. The maximum Gasteiger partial charge on any atom is 0.0982 e. The first-order valence-corrected chi connectivity index (χ1v) is 8.12. The Bertz CT molecular complexity index is 609. The van der Waals surface area contributed by atoms with Crippen molar-refractivity contribution in [3.8, 4) is 0 Å². The molecule has 0 saturated carbocycles. The van der Waals surface area contributed by atoms with Crippen molar-refractivity contribution in [2.45, 2.75) is 39.7 Å². The van der Waals surface area contributed by atoms with Crippen LogP contribution in [0.15, 0.2) is 23.6 Å². The molecule has 0 aliphatic carbocycles. The summed E-state index contributed by atoms with van der Waals surface area (Å²) in [7, 11) is 4.14. The molecular formula is C17H25N3S. The molecule has 0 spiro atoms. The minimum atomic E-state index is 0.130. The molecule has 114 valence electrons. The molecule has 3 nitrogen and oxygen atoms in total. The van der Waals surface area contributed by atoms with Gasteiger partial charge in [-0.05, 0) is 24.6 Å². The Morgan fingerprint density at radius 1 is 1.24 bits per heavy atom. The molecule has 1 heterocycles. The zero-order valence-electron chi connectivity index (χ0n) is 13.8. The average molecular weight is 303 g/mol. The molecule has 1 aromatic carbocycles. The second-order valence-electron chi connectivity index (χ2n) is 6.64. The van der Waals surface area contributed by atoms with E-state index in [1.54, 1.807) is 11.3 Å². The van der Waals surface area contributed by atoms with Crippen molar-refractivity contribution < 1.29 is 0 Å². The SMILES string of the molecule is Cc1ccc(NCc2csc(C(C)(C)C)n2)cc1N(C)C. The van der Waals surface area contributed by atoms with Crippen LogP contribution in [-0.2, 0) is 12.0 Å². The highest BCUT2D eigenvalue weighted by atomic mass is 32.1. The number of nitrogens with zero attached hydrogens (tertiary/aromatic N) is 2. The summed E-state index contributed by atoms with van der Waals surface area (Å²) >= 11 is 1.74. The van der Waals surface area contributed by atoms with Crippen LogP contribution in [0.2, 0.25) is 0 Å². The first-order valence-electron chi connectivity index (χ1n) is 7.24. The third-order valence-electron chi connectivity index (χ3n) is 3.36. The van der Waals surface area contributed by atoms with Crippen LogP contribution in [0.5, 0.6) is 0 Å². The van der Waals surface area contributed by atoms with Crippen LogP contribution < -0.4 is 10.2 Å². The molecule has 0 aliphatic rings. The van der Waals surface area contributed by atoms with Gasteiger partial charge in [-0.2, -0.15) is 0 Å². The Labute approximate surface area is 132 Å². The molecule has 2 aromatic rings. The van der Waals surface area contributed by atoms with Gasteiger partial charge in [0.25, 0.3) is 0 Å². The zero-order valence-corrected chi connectivity index (χ0v) is 14.6. The fraction of sp³-hybridized carbons (Fsp3) is 0.471. The monoisotopic (exact) mass is 303 g/mol. The van der Waals surface area contributed by atoms with Gasteiger partial charge in [0.1, 0.15) is 0 Å². The number of aromatic nitrogens is 1. The summed E-state index contributed by atoms with van der Waals surface area (Å²) in [6.07, 6.45) is 0. The number of anilines is 2. The number of thiazole rings is 1. The van der Waals surface area contributed by atoms with E-state index < -0.39 is 0 Å². The maximum absolute atomic E-state index is 4.72. The smallest absolute Gasteiger partial charge is 0.0982 e. The number of nitrogens with one attached hydrogen (secondary N) is 1. The molecule has 21 heavy (non-hydrogen) atoms. The lowest BCUT2D eigenvalue weighted by atomic mass is 9.98. The Balaban J connectivity index is 2.06. The van der Waals surface area contributed by atoms with Gasteiger partial charge >= 0.3 is 0 Å². The van der Waals surface area contributed by atoms with Crippen LogP contribution in [0.25, 0.3) is 0 Å². The lowest BCUT2D eigenvalue weighted by Gasteiger charge is -2.17. The highest BCUT2D eigenvalue weighted by molar-refractivity contribution is 7.09. The standard InChI is InChI=1S/C17H25N3S/c1-12-7-8-13(9-15(12)20(5)6)18-10-14-11-21-16(19-14)17(2,3)4/h7-9,11,18H,10H2,1-6H3. The molecule has 1 N–H and O–H groups in total. The van der Waals surface area contributed by atoms with Gasteiger partial charge in [0, 0.05) is 36.3 Å². The van der Waals surface area contributed by atoms with Crippen LogP contribution in [0.3, 0.4) is 0 Å². The molecule has 0 unspecified atom stereocenters. The third-order valence-corrected chi connectivity index (χ3v) is 4.67. The van der Waals surface area contributed by atoms with Crippen molar-refractivity contribution in [3.63, 3.8) is 0 Å². The van der Waals surface area contributed by atoms with Gasteiger partial charge in [-0.15, -0.1) is 11.3 Å². The Morgan fingerprint density at radius 2 is 1.95 bits per heavy atom. The van der Waals surface area contributed by atoms with Gasteiger partial charge in [-0.25, -0.2) is 4.98 Å². The second kappa shape index (κ2) is 6.06. The Kier molecular flexibility index (Phi) is 4.57. The second-order valence-corrected chi connectivity index (χ2v) is 7.50. The van der Waals surface area contributed by atoms with Gasteiger partial charge in [0.05, 0.1) is 17.2 Å². The number of rotatable bonds is 4. The van der Waals surface area contributed by atoms with Gasteiger partial charge in [-0.1, -0.05) is 26.8 Å². The number of hydrogen-bond acceptors (Lipinski definition) is 4. The molecule has 0 fully saturated rings. The van der Waals surface area contributed by atoms with E-state index in [0.717, 1.165) is 17.9 Å². The highest BCUT2D eigenvalue weighted by Crippen LogP contribution is 2.26. The van der Waals surface area contributed by atoms with Crippen molar-refractivity contribution in [2.75, 3.05) is 24.3 Å². The van der Waals surface area contributed by atoms with E-state index in [9.17, 15) is 0 Å². The van der Waals surface area contributed by atoms with E-state index in [-0.39, 0.29) is 5.41 Å². The first-order chi connectivity index (χ1) is 9.77. The molecule has 0 atom stereocenters. The third kappa shape index (κ3) is 3.97. The fourth-order valence-corrected chi connectivity index (χ4v) is 3.03. The molecule has 1 aromatic heterocycles. The van der Waals surface area contributed by atoms with Crippen LogP contribution in [0.4, 0.5) is 11.4 Å². The summed E-state index contributed by atoms with van der Waals surface area (Å²) in [4.78, 5) is 6.86. The largest absolute Gasteiger partial charge is 0.379 e. The molecule has 0 radical (unpaired) electrons. The van der Waals surface area contributed by atoms with Crippen molar-refractivity contribution in [3.05, 3.63) is 39.8 Å². The molecule has 2 rings (SSSR count). The Morgan fingerprint density at radius 3 is 2.52 bits per heavy atom. The van der Waals surface area contributed by atoms with Gasteiger partial charge in [0.15, 0.2) is 0 Å². The van der Waals surface area contributed by atoms with Crippen LogP contribution in [0.1, 0.15) is 37.0 Å². The quantitative estimate of drug-likeness (QED) is 0.906. The predicted octanol–water partition coefficient (Wildman–Crippen LogP) is 4.43. The van der Waals surface area contributed by atoms with Crippen LogP contribution in [-0.4, -0.2) is 19.1 Å². The number of aryl methyl sites for hydroxylation is 1. The molecule has 0 aliphatic heterocycles. The summed E-state index contributed by atoms with van der Waals surface area (Å²) < 4.78 is 0. The number of hydrogen-bond donors (Lipinski definition) is 1. The van der Waals surface area contributed by atoms with Crippen LogP contribution in [0, 0.1) is 6.92 Å². The van der Waals surface area contributed by atoms with E-state index in [1.807, 2.05) is 0 Å². The van der Waals surface area contributed by atoms with Gasteiger partial charge in [-0.3, -0.25) is 0 Å². The molecule has 0 saturated heterocycles. The maximum atomic E-state index is 4.72.